The predicted octanol–water partition coefficient (Wildman–Crippen LogP) is 11.5. The van der Waals surface area contributed by atoms with Crippen molar-refractivity contribution in [2.45, 2.75) is 160 Å². The zero-order valence-corrected chi connectivity index (χ0v) is 42.7. The molecule has 6 rings (SSSR count). The smallest absolute Gasteiger partial charge is 0.410 e. The molecule has 0 saturated carbocycles. The first-order valence-corrected chi connectivity index (χ1v) is 32.7. The van der Waals surface area contributed by atoms with Crippen LogP contribution in [0.5, 0.6) is 0 Å². The van der Waals surface area contributed by atoms with E-state index in [0.29, 0.717) is 33.1 Å². The van der Waals surface area contributed by atoms with E-state index in [1.54, 1.807) is 0 Å². The van der Waals surface area contributed by atoms with Crippen LogP contribution in [0, 0.1) is 0 Å². The van der Waals surface area contributed by atoms with Crippen LogP contribution in [0.15, 0.2) is 60.9 Å². The molecule has 11 nitrogen and oxygen atoms in total. The van der Waals surface area contributed by atoms with Gasteiger partial charge >= 0.3 is 6.09 Å². The summed E-state index contributed by atoms with van der Waals surface area (Å²) in [5.74, 6) is 0.936. The molecule has 14 heteroatoms. The van der Waals surface area contributed by atoms with Crippen LogP contribution in [-0.4, -0.2) is 106 Å². The van der Waals surface area contributed by atoms with Crippen LogP contribution in [0.2, 0.25) is 69.5 Å². The molecule has 61 heavy (non-hydrogen) atoms. The number of piperidine rings is 1. The molecular formula is C47H74N6O5Si3. The Morgan fingerprint density at radius 1 is 0.803 bits per heavy atom. The maximum absolute atomic E-state index is 14.0. The number of hydrogen-bond donors (Lipinski definition) is 0. The molecule has 0 radical (unpaired) electrons. The van der Waals surface area contributed by atoms with E-state index in [4.69, 9.17) is 33.7 Å². The topological polar surface area (TPSA) is 104 Å². The van der Waals surface area contributed by atoms with Crippen molar-refractivity contribution < 1.29 is 23.4 Å². The number of rotatable bonds is 16. The van der Waals surface area contributed by atoms with Gasteiger partial charge in [0.1, 0.15) is 24.9 Å². The van der Waals surface area contributed by atoms with Crippen LogP contribution in [-0.2, 0) is 18.6 Å². The molecule has 2 aliphatic rings. The van der Waals surface area contributed by atoms with Gasteiger partial charge in [-0.3, -0.25) is 9.88 Å². The summed E-state index contributed by atoms with van der Waals surface area (Å²) in [5, 5.41) is 5.04. The number of anilines is 1. The minimum atomic E-state index is -2.16. The lowest BCUT2D eigenvalue weighted by atomic mass is 9.88. The van der Waals surface area contributed by atoms with Crippen molar-refractivity contribution in [3.8, 4) is 22.4 Å². The Labute approximate surface area is 369 Å². The lowest BCUT2D eigenvalue weighted by Gasteiger charge is -2.42. The largest absolute Gasteiger partial charge is 0.444 e. The highest BCUT2D eigenvalue weighted by Gasteiger charge is 2.53. The van der Waals surface area contributed by atoms with Crippen molar-refractivity contribution in [1.29, 1.82) is 0 Å². The SMILES string of the molecule is CC(C)(C)OC(=O)N1[C@@H]2CC(O[Si](C)(C)C(C)(C)C)[C@H]1C[C@H](c1cc(N(COCC[Si](C)(C)C)COCC[Si](C)(C)C)n3ncc(-c4ccc(-c5ccccc5)nc4)c3n1)C2. The van der Waals surface area contributed by atoms with Crippen molar-refractivity contribution in [3.05, 3.63) is 66.6 Å². The summed E-state index contributed by atoms with van der Waals surface area (Å²) in [6, 6.07) is 18.6. The highest BCUT2D eigenvalue weighted by Crippen LogP contribution is 2.48. The Bertz CT molecular complexity index is 2060. The number of pyridine rings is 1. The van der Waals surface area contributed by atoms with Crippen LogP contribution < -0.4 is 4.90 Å². The average Bonchev–Trinajstić information content (AvgIpc) is 3.67. The molecule has 1 aromatic carbocycles. The highest BCUT2D eigenvalue weighted by molar-refractivity contribution is 6.76. The van der Waals surface area contributed by atoms with Crippen molar-refractivity contribution in [1.82, 2.24) is 24.5 Å². The summed E-state index contributed by atoms with van der Waals surface area (Å²) in [7, 11) is -4.78. The van der Waals surface area contributed by atoms with Crippen LogP contribution >= 0.6 is 0 Å². The minimum Gasteiger partial charge on any atom is -0.444 e. The molecule has 334 valence electrons. The van der Waals surface area contributed by atoms with Gasteiger partial charge in [0.05, 0.1) is 24.0 Å². The van der Waals surface area contributed by atoms with E-state index in [0.717, 1.165) is 64.5 Å². The van der Waals surface area contributed by atoms with Gasteiger partial charge in [0.25, 0.3) is 0 Å². The third-order valence-electron chi connectivity index (χ3n) is 12.5. The lowest BCUT2D eigenvalue weighted by Crippen LogP contribution is -2.52. The van der Waals surface area contributed by atoms with Crippen molar-refractivity contribution in [2.75, 3.05) is 31.6 Å². The second kappa shape index (κ2) is 18.4. The molecule has 0 spiro atoms. The second-order valence-electron chi connectivity index (χ2n) is 22.3. The molecule has 5 heterocycles. The second-order valence-corrected chi connectivity index (χ2v) is 38.3. The number of ether oxygens (including phenoxy) is 3. The Morgan fingerprint density at radius 2 is 1.44 bits per heavy atom. The van der Waals surface area contributed by atoms with Gasteiger partial charge in [0, 0.05) is 76.0 Å². The first kappa shape index (κ1) is 47.1. The fraction of sp³-hybridized carbons (Fsp3) is 0.617. The summed E-state index contributed by atoms with van der Waals surface area (Å²) in [5.41, 5.74) is 4.95. The number of nitrogens with zero attached hydrogens (tertiary/aromatic N) is 6. The zero-order valence-electron chi connectivity index (χ0n) is 39.7. The Morgan fingerprint density at radius 3 is 2.00 bits per heavy atom. The highest BCUT2D eigenvalue weighted by atomic mass is 28.4. The molecule has 2 saturated heterocycles. The number of carbonyl (C=O) groups excluding carboxylic acids is 1. The number of fused-ring (bicyclic) bond motifs is 3. The standard InChI is InChI=1S/C47H74N6O5Si3/c1-46(2,3)57-45(54)52-37-26-36(27-41(52)42(28-37)58-61(13,14)47(4,5)6)40-29-43(51(32-55-22-24-59(7,8)9)33-56-23-25-60(10,11)12)53-44(50-40)38(31-49-53)35-20-21-39(48-30-35)34-18-16-15-17-19-34/h15-21,29-31,36-37,41-42H,22-28,32-33H2,1-14H3/t36-,37+,41-,42?/m1/s1. The maximum atomic E-state index is 14.0. The number of aromatic nitrogens is 4. The minimum absolute atomic E-state index is 0.0334. The molecule has 2 fully saturated rings. The average molecular weight is 887 g/mol. The normalized spacial score (nSPS) is 20.1. The van der Waals surface area contributed by atoms with Gasteiger partial charge in [0.15, 0.2) is 14.0 Å². The molecule has 4 aromatic rings. The van der Waals surface area contributed by atoms with E-state index in [9.17, 15) is 4.79 Å². The summed E-state index contributed by atoms with van der Waals surface area (Å²) < 4.78 is 28.1. The number of hydrogen-bond acceptors (Lipinski definition) is 9. The fourth-order valence-corrected chi connectivity index (χ4v) is 10.8. The Kier molecular flexibility index (Phi) is 14.2. The van der Waals surface area contributed by atoms with E-state index in [-0.39, 0.29) is 35.2 Å². The van der Waals surface area contributed by atoms with E-state index in [1.807, 2.05) is 60.8 Å². The number of amides is 1. The number of benzene rings is 1. The summed E-state index contributed by atoms with van der Waals surface area (Å²) in [6.07, 6.45) is 5.74. The lowest BCUT2D eigenvalue weighted by molar-refractivity contribution is -0.000989. The molecule has 4 atom stereocenters. The van der Waals surface area contributed by atoms with Crippen molar-refractivity contribution in [3.63, 3.8) is 0 Å². The molecule has 2 aliphatic heterocycles. The molecule has 1 unspecified atom stereocenters. The quantitative estimate of drug-likeness (QED) is 0.0618. The van der Waals surface area contributed by atoms with Crippen LogP contribution in [0.1, 0.15) is 72.4 Å². The third kappa shape index (κ3) is 12.0. The van der Waals surface area contributed by atoms with Crippen molar-refractivity contribution >= 4 is 42.0 Å². The monoisotopic (exact) mass is 887 g/mol. The van der Waals surface area contributed by atoms with Crippen LogP contribution in [0.4, 0.5) is 10.6 Å². The summed E-state index contributed by atoms with van der Waals surface area (Å²) in [4.78, 5) is 28.6. The molecule has 3 aromatic heterocycles. The Balaban J connectivity index is 1.42. The number of carbonyl (C=O) groups is 1. The van der Waals surface area contributed by atoms with Gasteiger partial charge < -0.3 is 23.5 Å². The van der Waals surface area contributed by atoms with E-state index >= 15 is 0 Å². The first-order chi connectivity index (χ1) is 28.4. The molecule has 1 amide bonds. The van der Waals surface area contributed by atoms with Gasteiger partial charge in [-0.2, -0.15) is 9.61 Å². The van der Waals surface area contributed by atoms with Gasteiger partial charge in [-0.1, -0.05) is 96.5 Å². The van der Waals surface area contributed by atoms with Gasteiger partial charge in [0.2, 0.25) is 0 Å². The predicted molar refractivity (Wildman–Crippen MR) is 256 cm³/mol. The van der Waals surface area contributed by atoms with Gasteiger partial charge in [-0.15, -0.1) is 0 Å². The molecule has 0 aliphatic carbocycles. The van der Waals surface area contributed by atoms with Crippen LogP contribution in [0.3, 0.4) is 0 Å². The summed E-state index contributed by atoms with van der Waals surface area (Å²) >= 11 is 0. The fourth-order valence-electron chi connectivity index (χ4n) is 7.91. The third-order valence-corrected chi connectivity index (χ3v) is 20.4. The maximum Gasteiger partial charge on any atom is 0.410 e. The summed E-state index contributed by atoms with van der Waals surface area (Å²) in [6.45, 7) is 33.6. The molecule has 2 bridgehead atoms. The molecule has 0 N–H and O–H groups in total. The van der Waals surface area contributed by atoms with E-state index in [1.165, 1.54) is 0 Å². The zero-order chi connectivity index (χ0) is 44.5. The first-order valence-electron chi connectivity index (χ1n) is 22.4. The van der Waals surface area contributed by atoms with Crippen molar-refractivity contribution in [2.24, 2.45) is 0 Å². The van der Waals surface area contributed by atoms with Crippen LogP contribution in [0.25, 0.3) is 28.0 Å². The van der Waals surface area contributed by atoms with E-state index < -0.39 is 30.1 Å². The Hall–Kier alpha value is -3.41. The van der Waals surface area contributed by atoms with E-state index in [2.05, 4.69) is 108 Å². The van der Waals surface area contributed by atoms with Gasteiger partial charge in [-0.25, -0.2) is 9.78 Å². The van der Waals surface area contributed by atoms with Gasteiger partial charge in [-0.05, 0) is 76.3 Å². The molecular weight excluding hydrogens is 813 g/mol.